The molecule has 0 radical (unpaired) electrons. The second kappa shape index (κ2) is 4.19. The quantitative estimate of drug-likeness (QED) is 0.684. The smallest absolute Gasteiger partial charge is 0.131 e. The molecule has 2 rings (SSSR count). The number of rotatable bonds is 1. The maximum Gasteiger partial charge on any atom is 0.131 e. The van der Waals surface area contributed by atoms with Crippen molar-refractivity contribution in [2.45, 2.75) is 0 Å². The minimum absolute atomic E-state index is 0.414. The number of halogens is 3. The van der Waals surface area contributed by atoms with Crippen molar-refractivity contribution in [3.63, 3.8) is 0 Å². The summed E-state index contributed by atoms with van der Waals surface area (Å²) in [5.74, 6) is 0. The molecule has 0 aliphatic heterocycles. The fourth-order valence-corrected chi connectivity index (χ4v) is 2.91. The van der Waals surface area contributed by atoms with Crippen LogP contribution in [-0.2, 0) is 0 Å². The van der Waals surface area contributed by atoms with Gasteiger partial charge in [0.25, 0.3) is 0 Å². The van der Waals surface area contributed by atoms with Crippen LogP contribution >= 0.6 is 50.5 Å². The van der Waals surface area contributed by atoms with Crippen LogP contribution in [0.25, 0.3) is 10.4 Å². The summed E-state index contributed by atoms with van der Waals surface area (Å²) < 4.78 is 1.08. The van der Waals surface area contributed by atoms with Crippen LogP contribution < -0.4 is 0 Å². The Labute approximate surface area is 104 Å². The average molecular weight is 309 g/mol. The van der Waals surface area contributed by atoms with E-state index in [1.54, 1.807) is 23.5 Å². The molecular weight excluding hydrogens is 305 g/mol. The first-order valence-electron chi connectivity index (χ1n) is 3.74. The van der Waals surface area contributed by atoms with E-state index in [0.717, 1.165) is 14.2 Å². The molecule has 72 valence electrons. The molecule has 1 nitrogen and oxygen atoms in total. The zero-order valence-corrected chi connectivity index (χ0v) is 10.7. The molecule has 0 saturated heterocycles. The number of hydrogen-bond donors (Lipinski definition) is 0. The van der Waals surface area contributed by atoms with Gasteiger partial charge in [-0.3, -0.25) is 0 Å². The Kier molecular flexibility index (Phi) is 3.12. The van der Waals surface area contributed by atoms with Crippen LogP contribution in [0.2, 0.25) is 10.3 Å². The fourth-order valence-electron chi connectivity index (χ4n) is 1.08. The topological polar surface area (TPSA) is 12.9 Å². The fraction of sp³-hybridized carbons (Fsp3) is 0. The molecule has 0 aliphatic rings. The minimum atomic E-state index is 0.414. The summed E-state index contributed by atoms with van der Waals surface area (Å²) in [6.07, 6.45) is 0. The molecule has 5 heteroatoms. The highest BCUT2D eigenvalue weighted by atomic mass is 79.9. The molecule has 0 fully saturated rings. The lowest BCUT2D eigenvalue weighted by molar-refractivity contribution is 1.33. The summed E-state index contributed by atoms with van der Waals surface area (Å²) in [4.78, 5) is 5.00. The van der Waals surface area contributed by atoms with Gasteiger partial charge in [0.2, 0.25) is 0 Å². The SMILES string of the molecule is Clc1cc(-c2ccc(Br)s2)cc(Cl)n1. The van der Waals surface area contributed by atoms with E-state index in [9.17, 15) is 0 Å². The summed E-state index contributed by atoms with van der Waals surface area (Å²) in [6.45, 7) is 0. The van der Waals surface area contributed by atoms with Crippen molar-refractivity contribution in [3.8, 4) is 10.4 Å². The zero-order valence-electron chi connectivity index (χ0n) is 6.80. The van der Waals surface area contributed by atoms with E-state index in [2.05, 4.69) is 20.9 Å². The molecule has 0 amide bonds. The predicted molar refractivity (Wildman–Crippen MR) is 65.3 cm³/mol. The van der Waals surface area contributed by atoms with E-state index in [-0.39, 0.29) is 0 Å². The van der Waals surface area contributed by atoms with Crippen LogP contribution in [0.5, 0.6) is 0 Å². The van der Waals surface area contributed by atoms with Gasteiger partial charge in [-0.25, -0.2) is 4.98 Å². The van der Waals surface area contributed by atoms with E-state index >= 15 is 0 Å². The van der Waals surface area contributed by atoms with Gasteiger partial charge < -0.3 is 0 Å². The maximum atomic E-state index is 5.80. The molecule has 0 spiro atoms. The molecule has 2 heterocycles. The molecule has 0 saturated carbocycles. The van der Waals surface area contributed by atoms with Crippen molar-refractivity contribution < 1.29 is 0 Å². The first-order chi connectivity index (χ1) is 6.65. The lowest BCUT2D eigenvalue weighted by Crippen LogP contribution is -1.78. The third-order valence-corrected chi connectivity index (χ3v) is 3.68. The lowest BCUT2D eigenvalue weighted by Gasteiger charge is -1.98. The molecule has 0 unspecified atom stereocenters. The summed E-state index contributed by atoms with van der Waals surface area (Å²) in [7, 11) is 0. The van der Waals surface area contributed by atoms with Crippen molar-refractivity contribution in [1.29, 1.82) is 0 Å². The highest BCUT2D eigenvalue weighted by molar-refractivity contribution is 9.11. The minimum Gasteiger partial charge on any atom is -0.224 e. The van der Waals surface area contributed by atoms with Crippen LogP contribution in [0.3, 0.4) is 0 Å². The van der Waals surface area contributed by atoms with Gasteiger partial charge in [0.15, 0.2) is 0 Å². The van der Waals surface area contributed by atoms with Crippen molar-refractivity contribution in [1.82, 2.24) is 4.98 Å². The summed E-state index contributed by atoms with van der Waals surface area (Å²) >= 11 is 16.6. The molecule has 0 atom stereocenters. The first-order valence-corrected chi connectivity index (χ1v) is 6.10. The van der Waals surface area contributed by atoms with Gasteiger partial charge >= 0.3 is 0 Å². The number of hydrogen-bond acceptors (Lipinski definition) is 2. The predicted octanol–water partition coefficient (Wildman–Crippen LogP) is 4.88. The first kappa shape index (κ1) is 10.4. The average Bonchev–Trinajstić information content (AvgIpc) is 2.50. The highest BCUT2D eigenvalue weighted by Gasteiger charge is 2.04. The van der Waals surface area contributed by atoms with Gasteiger partial charge in [-0.1, -0.05) is 23.2 Å². The normalized spacial score (nSPS) is 10.5. The number of pyridine rings is 1. The number of aromatic nitrogens is 1. The third-order valence-electron chi connectivity index (χ3n) is 1.62. The summed E-state index contributed by atoms with van der Waals surface area (Å²) in [6, 6.07) is 7.59. The zero-order chi connectivity index (χ0) is 10.1. The van der Waals surface area contributed by atoms with E-state index in [1.165, 1.54) is 0 Å². The van der Waals surface area contributed by atoms with Crippen LogP contribution in [0.4, 0.5) is 0 Å². The van der Waals surface area contributed by atoms with E-state index in [0.29, 0.717) is 10.3 Å². The van der Waals surface area contributed by atoms with Gasteiger partial charge in [-0.15, -0.1) is 11.3 Å². The van der Waals surface area contributed by atoms with Crippen LogP contribution in [-0.4, -0.2) is 4.98 Å². The Morgan fingerprint density at radius 1 is 1.14 bits per heavy atom. The molecule has 2 aromatic heterocycles. The van der Waals surface area contributed by atoms with E-state index in [4.69, 9.17) is 23.2 Å². The second-order valence-corrected chi connectivity index (χ2v) is 5.84. The van der Waals surface area contributed by atoms with Crippen molar-refractivity contribution in [2.24, 2.45) is 0 Å². The van der Waals surface area contributed by atoms with E-state index < -0.39 is 0 Å². The van der Waals surface area contributed by atoms with Gasteiger partial charge in [-0.2, -0.15) is 0 Å². The second-order valence-electron chi connectivity index (χ2n) is 2.61. The Hall–Kier alpha value is -0.0900. The molecule has 0 bridgehead atoms. The molecule has 0 aliphatic carbocycles. The Balaban J connectivity index is 2.51. The summed E-state index contributed by atoms with van der Waals surface area (Å²) in [5.41, 5.74) is 0.991. The van der Waals surface area contributed by atoms with Gasteiger partial charge in [-0.05, 0) is 45.8 Å². The largest absolute Gasteiger partial charge is 0.224 e. The third kappa shape index (κ3) is 2.28. The van der Waals surface area contributed by atoms with Crippen molar-refractivity contribution >= 4 is 50.5 Å². The standard InChI is InChI=1S/C9H4BrCl2NS/c10-7-2-1-6(14-7)5-3-8(11)13-9(12)4-5/h1-4H. The molecule has 2 aromatic rings. The van der Waals surface area contributed by atoms with E-state index in [1.807, 2.05) is 12.1 Å². The van der Waals surface area contributed by atoms with Crippen LogP contribution in [0.1, 0.15) is 0 Å². The summed E-state index contributed by atoms with van der Waals surface area (Å²) in [5, 5.41) is 0.828. The van der Waals surface area contributed by atoms with Gasteiger partial charge in [0.1, 0.15) is 10.3 Å². The van der Waals surface area contributed by atoms with Crippen LogP contribution in [0, 0.1) is 0 Å². The highest BCUT2D eigenvalue weighted by Crippen LogP contribution is 2.33. The van der Waals surface area contributed by atoms with Crippen molar-refractivity contribution in [2.75, 3.05) is 0 Å². The monoisotopic (exact) mass is 307 g/mol. The molecule has 0 aromatic carbocycles. The van der Waals surface area contributed by atoms with Crippen LogP contribution in [0.15, 0.2) is 28.1 Å². The lowest BCUT2D eigenvalue weighted by atomic mass is 10.2. The van der Waals surface area contributed by atoms with Gasteiger partial charge in [0, 0.05) is 4.88 Å². The van der Waals surface area contributed by atoms with Gasteiger partial charge in [0.05, 0.1) is 3.79 Å². The Bertz CT molecular complexity index is 449. The Morgan fingerprint density at radius 3 is 2.29 bits per heavy atom. The molecule has 14 heavy (non-hydrogen) atoms. The Morgan fingerprint density at radius 2 is 1.79 bits per heavy atom. The maximum absolute atomic E-state index is 5.80. The molecular formula is C9H4BrCl2NS. The number of nitrogens with zero attached hydrogens (tertiary/aromatic N) is 1. The number of thiophene rings is 1. The van der Waals surface area contributed by atoms with Crippen molar-refractivity contribution in [3.05, 3.63) is 38.4 Å². The molecule has 0 N–H and O–H groups in total.